The first-order valence-corrected chi connectivity index (χ1v) is 7.93. The van der Waals surface area contributed by atoms with E-state index in [1.807, 2.05) is 18.2 Å². The molecule has 1 aliphatic rings. The van der Waals surface area contributed by atoms with Crippen molar-refractivity contribution in [2.45, 2.75) is 6.54 Å². The molecular formula is C16H13IN2O4. The second-order valence-electron chi connectivity index (χ2n) is 4.83. The zero-order chi connectivity index (χ0) is 16.2. The van der Waals surface area contributed by atoms with Crippen molar-refractivity contribution in [1.82, 2.24) is 5.32 Å². The van der Waals surface area contributed by atoms with Crippen LogP contribution in [0.4, 0.5) is 5.69 Å². The van der Waals surface area contributed by atoms with E-state index in [1.165, 1.54) is 0 Å². The molecule has 2 N–H and O–H groups in total. The van der Waals surface area contributed by atoms with E-state index in [1.54, 1.807) is 24.3 Å². The molecule has 0 saturated heterocycles. The summed E-state index contributed by atoms with van der Waals surface area (Å²) < 4.78 is 11.5. The number of anilines is 1. The molecule has 0 atom stereocenters. The van der Waals surface area contributed by atoms with Crippen LogP contribution < -0.4 is 20.1 Å². The highest BCUT2D eigenvalue weighted by Gasteiger charge is 2.16. The van der Waals surface area contributed by atoms with E-state index in [9.17, 15) is 9.59 Å². The second kappa shape index (κ2) is 6.86. The van der Waals surface area contributed by atoms with E-state index in [4.69, 9.17) is 9.47 Å². The molecule has 1 heterocycles. The predicted molar refractivity (Wildman–Crippen MR) is 92.2 cm³/mol. The molecule has 2 aromatic carbocycles. The van der Waals surface area contributed by atoms with Gasteiger partial charge in [0.25, 0.3) is 0 Å². The lowest BCUT2D eigenvalue weighted by molar-refractivity contribution is -0.136. The number of benzene rings is 2. The summed E-state index contributed by atoms with van der Waals surface area (Å²) in [5, 5.41) is 5.12. The fourth-order valence-electron chi connectivity index (χ4n) is 2.03. The van der Waals surface area contributed by atoms with Gasteiger partial charge in [0.05, 0.1) is 0 Å². The van der Waals surface area contributed by atoms with Crippen LogP contribution in [0, 0.1) is 3.57 Å². The largest absolute Gasteiger partial charge is 0.454 e. The third-order valence-corrected chi connectivity index (χ3v) is 3.92. The Kier molecular flexibility index (Phi) is 4.65. The molecular weight excluding hydrogens is 411 g/mol. The van der Waals surface area contributed by atoms with Crippen LogP contribution in [-0.2, 0) is 16.1 Å². The molecule has 6 nitrogen and oxygen atoms in total. The van der Waals surface area contributed by atoms with Crippen molar-refractivity contribution in [1.29, 1.82) is 0 Å². The number of carbonyl (C=O) groups excluding carboxylic acids is 2. The average molecular weight is 424 g/mol. The molecule has 0 radical (unpaired) electrons. The lowest BCUT2D eigenvalue weighted by Gasteiger charge is -2.07. The molecule has 0 spiro atoms. The number of amides is 2. The quantitative estimate of drug-likeness (QED) is 0.586. The van der Waals surface area contributed by atoms with Gasteiger partial charge in [-0.15, -0.1) is 0 Å². The summed E-state index contributed by atoms with van der Waals surface area (Å²) >= 11 is 2.16. The Balaban J connectivity index is 1.54. The minimum atomic E-state index is -0.702. The minimum Gasteiger partial charge on any atom is -0.454 e. The molecule has 3 rings (SSSR count). The Bertz CT molecular complexity index is 746. The standard InChI is InChI=1S/C16H13IN2O4/c17-11-2-4-12(5-3-11)19-16(21)15(20)18-8-10-1-6-13-14(7-10)23-9-22-13/h1-7H,8-9H2,(H,18,20)(H,19,21). The Morgan fingerprint density at radius 3 is 2.52 bits per heavy atom. The molecule has 0 unspecified atom stereocenters. The Morgan fingerprint density at radius 1 is 1.00 bits per heavy atom. The van der Waals surface area contributed by atoms with Crippen LogP contribution in [0.15, 0.2) is 42.5 Å². The molecule has 0 aromatic heterocycles. The maximum atomic E-state index is 11.8. The van der Waals surface area contributed by atoms with Crippen LogP contribution in [0.1, 0.15) is 5.56 Å². The van der Waals surface area contributed by atoms with Crippen LogP contribution >= 0.6 is 22.6 Å². The highest BCUT2D eigenvalue weighted by Crippen LogP contribution is 2.32. The van der Waals surface area contributed by atoms with E-state index < -0.39 is 11.8 Å². The van der Waals surface area contributed by atoms with Gasteiger partial charge in [-0.3, -0.25) is 9.59 Å². The molecule has 2 amide bonds. The van der Waals surface area contributed by atoms with Crippen LogP contribution in [-0.4, -0.2) is 18.6 Å². The minimum absolute atomic E-state index is 0.198. The molecule has 2 aromatic rings. The summed E-state index contributed by atoms with van der Waals surface area (Å²) in [5.74, 6) is -0.0789. The number of hydrogen-bond acceptors (Lipinski definition) is 4. The Labute approximate surface area is 146 Å². The molecule has 0 aliphatic carbocycles. The first-order valence-electron chi connectivity index (χ1n) is 6.85. The van der Waals surface area contributed by atoms with Gasteiger partial charge in [0.15, 0.2) is 11.5 Å². The van der Waals surface area contributed by atoms with E-state index in [-0.39, 0.29) is 13.3 Å². The average Bonchev–Trinajstić information content (AvgIpc) is 3.02. The van der Waals surface area contributed by atoms with Gasteiger partial charge in [-0.25, -0.2) is 0 Å². The highest BCUT2D eigenvalue weighted by atomic mass is 127. The van der Waals surface area contributed by atoms with Gasteiger partial charge >= 0.3 is 11.8 Å². The summed E-state index contributed by atoms with van der Waals surface area (Å²) in [7, 11) is 0. The van der Waals surface area contributed by atoms with E-state index in [0.29, 0.717) is 17.2 Å². The van der Waals surface area contributed by atoms with Gasteiger partial charge in [-0.2, -0.15) is 0 Å². The van der Waals surface area contributed by atoms with Gasteiger partial charge in [0.1, 0.15) is 0 Å². The molecule has 1 aliphatic heterocycles. The van der Waals surface area contributed by atoms with E-state index in [2.05, 4.69) is 33.2 Å². The summed E-state index contributed by atoms with van der Waals surface area (Å²) in [5.41, 5.74) is 1.40. The zero-order valence-electron chi connectivity index (χ0n) is 12.0. The zero-order valence-corrected chi connectivity index (χ0v) is 14.1. The number of fused-ring (bicyclic) bond motifs is 1. The monoisotopic (exact) mass is 424 g/mol. The highest BCUT2D eigenvalue weighted by molar-refractivity contribution is 14.1. The fraction of sp³-hybridized carbons (Fsp3) is 0.125. The topological polar surface area (TPSA) is 76.7 Å². The van der Waals surface area contributed by atoms with Gasteiger partial charge in [-0.05, 0) is 64.6 Å². The first-order chi connectivity index (χ1) is 11.1. The van der Waals surface area contributed by atoms with Crippen molar-refractivity contribution in [3.63, 3.8) is 0 Å². The molecule has 0 saturated carbocycles. The number of ether oxygens (including phenoxy) is 2. The molecule has 0 fully saturated rings. The van der Waals surface area contributed by atoms with Gasteiger partial charge in [0, 0.05) is 15.8 Å². The third kappa shape index (κ3) is 3.92. The van der Waals surface area contributed by atoms with Crippen molar-refractivity contribution in [3.8, 4) is 11.5 Å². The molecule has 118 valence electrons. The number of rotatable bonds is 3. The first kappa shape index (κ1) is 15.6. The summed E-state index contributed by atoms with van der Waals surface area (Å²) in [6.07, 6.45) is 0. The lowest BCUT2D eigenvalue weighted by Crippen LogP contribution is -2.34. The summed E-state index contributed by atoms with van der Waals surface area (Å²) in [6.45, 7) is 0.430. The number of carbonyl (C=O) groups is 2. The van der Waals surface area contributed by atoms with Crippen LogP contribution in [0.25, 0.3) is 0 Å². The Hall–Kier alpha value is -2.29. The van der Waals surface area contributed by atoms with Crippen molar-refractivity contribution in [3.05, 3.63) is 51.6 Å². The van der Waals surface area contributed by atoms with Gasteiger partial charge in [-0.1, -0.05) is 6.07 Å². The van der Waals surface area contributed by atoms with Crippen molar-refractivity contribution in [2.75, 3.05) is 12.1 Å². The van der Waals surface area contributed by atoms with Gasteiger partial charge in [0.2, 0.25) is 6.79 Å². The third-order valence-electron chi connectivity index (χ3n) is 3.20. The molecule has 7 heteroatoms. The van der Waals surface area contributed by atoms with Crippen molar-refractivity contribution >= 4 is 40.1 Å². The maximum absolute atomic E-state index is 11.8. The van der Waals surface area contributed by atoms with Crippen molar-refractivity contribution < 1.29 is 19.1 Å². The summed E-state index contributed by atoms with van der Waals surface area (Å²) in [4.78, 5) is 23.7. The number of nitrogens with one attached hydrogen (secondary N) is 2. The van der Waals surface area contributed by atoms with Crippen molar-refractivity contribution in [2.24, 2.45) is 0 Å². The smallest absolute Gasteiger partial charge is 0.313 e. The fourth-order valence-corrected chi connectivity index (χ4v) is 2.39. The van der Waals surface area contributed by atoms with E-state index in [0.717, 1.165) is 9.13 Å². The molecule has 23 heavy (non-hydrogen) atoms. The number of halogens is 1. The van der Waals surface area contributed by atoms with Crippen LogP contribution in [0.3, 0.4) is 0 Å². The maximum Gasteiger partial charge on any atom is 0.313 e. The number of hydrogen-bond donors (Lipinski definition) is 2. The second-order valence-corrected chi connectivity index (χ2v) is 6.08. The van der Waals surface area contributed by atoms with Crippen LogP contribution in [0.2, 0.25) is 0 Å². The SMILES string of the molecule is O=C(NCc1ccc2c(c1)OCO2)C(=O)Nc1ccc(I)cc1. The normalized spacial score (nSPS) is 11.9. The Morgan fingerprint density at radius 2 is 1.74 bits per heavy atom. The lowest BCUT2D eigenvalue weighted by atomic mass is 10.2. The van der Waals surface area contributed by atoms with E-state index >= 15 is 0 Å². The molecule has 0 bridgehead atoms. The van der Waals surface area contributed by atoms with Gasteiger partial charge < -0.3 is 20.1 Å². The van der Waals surface area contributed by atoms with Crippen LogP contribution in [0.5, 0.6) is 11.5 Å². The predicted octanol–water partition coefficient (Wildman–Crippen LogP) is 2.27. The summed E-state index contributed by atoms with van der Waals surface area (Å²) in [6, 6.07) is 12.5.